The number of aryl methyl sites for hydroxylation is 1. The summed E-state index contributed by atoms with van der Waals surface area (Å²) in [7, 11) is 0. The van der Waals surface area contributed by atoms with Crippen LogP contribution >= 0.6 is 0 Å². The summed E-state index contributed by atoms with van der Waals surface area (Å²) in [5.74, 6) is -0.231. The summed E-state index contributed by atoms with van der Waals surface area (Å²) in [6, 6.07) is 3.97. The summed E-state index contributed by atoms with van der Waals surface area (Å²) in [5, 5.41) is 9.90. The van der Waals surface area contributed by atoms with Crippen molar-refractivity contribution >= 4 is 5.69 Å². The van der Waals surface area contributed by atoms with E-state index in [1.165, 1.54) is 18.9 Å². The van der Waals surface area contributed by atoms with Crippen LogP contribution in [0.3, 0.4) is 0 Å². The molecule has 19 heavy (non-hydrogen) atoms. The average molecular weight is 265 g/mol. The molecule has 0 aliphatic heterocycles. The van der Waals surface area contributed by atoms with Crippen molar-refractivity contribution in [1.82, 2.24) is 0 Å². The van der Waals surface area contributed by atoms with Gasteiger partial charge in [0.1, 0.15) is 5.82 Å². The van der Waals surface area contributed by atoms with E-state index in [2.05, 4.69) is 11.8 Å². The highest BCUT2D eigenvalue weighted by atomic mass is 19.1. The number of hydrogen-bond acceptors (Lipinski definition) is 2. The second-order valence-corrected chi connectivity index (χ2v) is 5.61. The molecule has 0 saturated heterocycles. The molecule has 1 aliphatic carbocycles. The normalized spacial score (nSPS) is 16.5. The molecule has 1 N–H and O–H groups in total. The van der Waals surface area contributed by atoms with Crippen LogP contribution in [0, 0.1) is 12.7 Å². The molecule has 1 saturated carbocycles. The van der Waals surface area contributed by atoms with Gasteiger partial charge in [0.15, 0.2) is 0 Å². The van der Waals surface area contributed by atoms with Crippen LogP contribution in [0.1, 0.15) is 56.8 Å². The SMILES string of the molecule is CCCCN(c1cc(C)c(F)cc1[C@H](C)O)C1CC1. The summed E-state index contributed by atoms with van der Waals surface area (Å²) in [6.07, 6.45) is 4.06. The Morgan fingerprint density at radius 1 is 1.42 bits per heavy atom. The van der Waals surface area contributed by atoms with E-state index >= 15 is 0 Å². The average Bonchev–Trinajstić information content (AvgIpc) is 3.17. The van der Waals surface area contributed by atoms with Crippen molar-refractivity contribution in [2.24, 2.45) is 0 Å². The Kier molecular flexibility index (Phi) is 4.46. The van der Waals surface area contributed by atoms with E-state index in [1.807, 2.05) is 6.07 Å². The molecule has 106 valence electrons. The predicted octanol–water partition coefficient (Wildman–Crippen LogP) is 3.96. The molecular weight excluding hydrogens is 241 g/mol. The highest BCUT2D eigenvalue weighted by Gasteiger charge is 2.31. The van der Waals surface area contributed by atoms with Crippen LogP contribution in [0.5, 0.6) is 0 Å². The second-order valence-electron chi connectivity index (χ2n) is 5.61. The fourth-order valence-corrected chi connectivity index (χ4v) is 2.48. The molecule has 3 heteroatoms. The third kappa shape index (κ3) is 3.27. The predicted molar refractivity (Wildman–Crippen MR) is 77.0 cm³/mol. The van der Waals surface area contributed by atoms with E-state index in [1.54, 1.807) is 13.8 Å². The van der Waals surface area contributed by atoms with E-state index < -0.39 is 6.10 Å². The van der Waals surface area contributed by atoms with Crippen LogP contribution in [0.15, 0.2) is 12.1 Å². The van der Waals surface area contributed by atoms with E-state index in [0.717, 1.165) is 25.1 Å². The Labute approximate surface area is 115 Å². The van der Waals surface area contributed by atoms with Crippen LogP contribution in [0.4, 0.5) is 10.1 Å². The van der Waals surface area contributed by atoms with Crippen LogP contribution < -0.4 is 4.90 Å². The minimum Gasteiger partial charge on any atom is -0.389 e. The molecule has 1 aromatic rings. The summed E-state index contributed by atoms with van der Waals surface area (Å²) in [4.78, 5) is 2.36. The van der Waals surface area contributed by atoms with Gasteiger partial charge in [-0.2, -0.15) is 0 Å². The van der Waals surface area contributed by atoms with Gasteiger partial charge in [0.25, 0.3) is 0 Å². The summed E-state index contributed by atoms with van der Waals surface area (Å²) in [5.41, 5.74) is 2.39. The molecule has 1 atom stereocenters. The first kappa shape index (κ1) is 14.3. The largest absolute Gasteiger partial charge is 0.389 e. The minimum atomic E-state index is -0.632. The van der Waals surface area contributed by atoms with Gasteiger partial charge in [0, 0.05) is 23.8 Å². The third-order valence-corrected chi connectivity index (χ3v) is 3.81. The summed E-state index contributed by atoms with van der Waals surface area (Å²) >= 11 is 0. The van der Waals surface area contributed by atoms with Gasteiger partial charge in [-0.25, -0.2) is 4.39 Å². The van der Waals surface area contributed by atoms with Gasteiger partial charge < -0.3 is 10.0 Å². The number of rotatable bonds is 6. The molecule has 1 aliphatic rings. The van der Waals surface area contributed by atoms with Gasteiger partial charge in [0.05, 0.1) is 6.10 Å². The number of aliphatic hydroxyl groups is 1. The van der Waals surface area contributed by atoms with Crippen molar-refractivity contribution in [2.45, 2.75) is 58.6 Å². The number of nitrogens with zero attached hydrogens (tertiary/aromatic N) is 1. The molecule has 2 rings (SSSR count). The van der Waals surface area contributed by atoms with E-state index in [0.29, 0.717) is 17.2 Å². The molecule has 0 unspecified atom stereocenters. The fraction of sp³-hybridized carbons (Fsp3) is 0.625. The van der Waals surface area contributed by atoms with Gasteiger partial charge in [-0.1, -0.05) is 13.3 Å². The molecule has 0 spiro atoms. The lowest BCUT2D eigenvalue weighted by molar-refractivity contribution is 0.199. The Bertz CT molecular complexity index is 441. The van der Waals surface area contributed by atoms with Gasteiger partial charge >= 0.3 is 0 Å². The number of hydrogen-bond donors (Lipinski definition) is 1. The maximum atomic E-state index is 13.7. The molecule has 0 heterocycles. The first-order chi connectivity index (χ1) is 9.04. The zero-order valence-corrected chi connectivity index (χ0v) is 12.1. The monoisotopic (exact) mass is 265 g/mol. The third-order valence-electron chi connectivity index (χ3n) is 3.81. The highest BCUT2D eigenvalue weighted by molar-refractivity contribution is 5.58. The lowest BCUT2D eigenvalue weighted by atomic mass is 10.0. The Morgan fingerprint density at radius 3 is 2.63 bits per heavy atom. The molecule has 1 fully saturated rings. The van der Waals surface area contributed by atoms with Crippen LogP contribution in [-0.4, -0.2) is 17.7 Å². The van der Waals surface area contributed by atoms with E-state index in [-0.39, 0.29) is 5.82 Å². The highest BCUT2D eigenvalue weighted by Crippen LogP contribution is 2.37. The zero-order chi connectivity index (χ0) is 14.0. The second kappa shape index (κ2) is 5.91. The minimum absolute atomic E-state index is 0.231. The summed E-state index contributed by atoms with van der Waals surface area (Å²) < 4.78 is 13.7. The molecular formula is C16H24FNO. The van der Waals surface area contributed by atoms with Crippen molar-refractivity contribution in [3.8, 4) is 0 Å². The van der Waals surface area contributed by atoms with Crippen molar-refractivity contribution < 1.29 is 9.50 Å². The lowest BCUT2D eigenvalue weighted by Crippen LogP contribution is -2.28. The van der Waals surface area contributed by atoms with Crippen molar-refractivity contribution in [3.63, 3.8) is 0 Å². The van der Waals surface area contributed by atoms with Crippen molar-refractivity contribution in [2.75, 3.05) is 11.4 Å². The number of aliphatic hydroxyl groups excluding tert-OH is 1. The topological polar surface area (TPSA) is 23.5 Å². The Hall–Kier alpha value is -1.09. The van der Waals surface area contributed by atoms with Gasteiger partial charge in [-0.3, -0.25) is 0 Å². The number of anilines is 1. The maximum absolute atomic E-state index is 13.7. The van der Waals surface area contributed by atoms with E-state index in [9.17, 15) is 9.50 Å². The molecule has 2 nitrogen and oxygen atoms in total. The van der Waals surface area contributed by atoms with Crippen molar-refractivity contribution in [1.29, 1.82) is 0 Å². The lowest BCUT2D eigenvalue weighted by Gasteiger charge is -2.28. The van der Waals surface area contributed by atoms with Gasteiger partial charge in [-0.05, 0) is 50.8 Å². The number of benzene rings is 1. The first-order valence-electron chi connectivity index (χ1n) is 7.29. The Balaban J connectivity index is 2.36. The molecule has 0 aromatic heterocycles. The molecule has 0 bridgehead atoms. The number of unbranched alkanes of at least 4 members (excludes halogenated alkanes) is 1. The van der Waals surface area contributed by atoms with Crippen LogP contribution in [0.2, 0.25) is 0 Å². The molecule has 1 aromatic carbocycles. The quantitative estimate of drug-likeness (QED) is 0.841. The van der Waals surface area contributed by atoms with Crippen LogP contribution in [-0.2, 0) is 0 Å². The standard InChI is InChI=1S/C16H24FNO/c1-4-5-8-18(13-6-7-13)16-9-11(2)15(17)10-14(16)12(3)19/h9-10,12-13,19H,4-8H2,1-3H3/t12-/m0/s1. The van der Waals surface area contributed by atoms with Crippen molar-refractivity contribution in [3.05, 3.63) is 29.1 Å². The summed E-state index contributed by atoms with van der Waals surface area (Å²) in [6.45, 7) is 6.66. The van der Waals surface area contributed by atoms with E-state index in [4.69, 9.17) is 0 Å². The van der Waals surface area contributed by atoms with Crippen LogP contribution in [0.25, 0.3) is 0 Å². The zero-order valence-electron chi connectivity index (χ0n) is 12.1. The Morgan fingerprint density at radius 2 is 2.11 bits per heavy atom. The van der Waals surface area contributed by atoms with Gasteiger partial charge in [0.2, 0.25) is 0 Å². The first-order valence-corrected chi connectivity index (χ1v) is 7.29. The number of halogens is 1. The van der Waals surface area contributed by atoms with Gasteiger partial charge in [-0.15, -0.1) is 0 Å². The smallest absolute Gasteiger partial charge is 0.126 e. The maximum Gasteiger partial charge on any atom is 0.126 e. The fourth-order valence-electron chi connectivity index (χ4n) is 2.48. The molecule has 0 radical (unpaired) electrons. The molecule has 0 amide bonds.